The Morgan fingerprint density at radius 2 is 2.05 bits per heavy atom. The summed E-state index contributed by atoms with van der Waals surface area (Å²) in [7, 11) is 1.94. The Bertz CT molecular complexity index is 432. The number of rotatable bonds is 3. The van der Waals surface area contributed by atoms with Crippen molar-refractivity contribution in [1.29, 1.82) is 0 Å². The van der Waals surface area contributed by atoms with Crippen LogP contribution in [0.25, 0.3) is 0 Å². The first-order valence-electron chi connectivity index (χ1n) is 7.74. The zero-order valence-corrected chi connectivity index (χ0v) is 12.5. The lowest BCUT2D eigenvalue weighted by Crippen LogP contribution is -2.59. The van der Waals surface area contributed by atoms with E-state index in [9.17, 15) is 0 Å². The first-order valence-corrected chi connectivity index (χ1v) is 7.74. The summed E-state index contributed by atoms with van der Waals surface area (Å²) in [6.07, 6.45) is 7.93. The summed E-state index contributed by atoms with van der Waals surface area (Å²) >= 11 is 0. The van der Waals surface area contributed by atoms with Crippen molar-refractivity contribution >= 4 is 5.95 Å². The first kappa shape index (κ1) is 13.8. The maximum absolute atomic E-state index is 4.57. The van der Waals surface area contributed by atoms with Crippen LogP contribution in [0.15, 0.2) is 12.4 Å². The van der Waals surface area contributed by atoms with Gasteiger partial charge < -0.3 is 10.2 Å². The smallest absolute Gasteiger partial charge is 0.225 e. The van der Waals surface area contributed by atoms with Crippen molar-refractivity contribution in [3.63, 3.8) is 0 Å². The van der Waals surface area contributed by atoms with Crippen LogP contribution >= 0.6 is 0 Å². The minimum Gasteiger partial charge on any atom is -0.335 e. The Morgan fingerprint density at radius 3 is 2.80 bits per heavy atom. The highest BCUT2D eigenvalue weighted by molar-refractivity contribution is 5.33. The van der Waals surface area contributed by atoms with Crippen LogP contribution < -0.4 is 10.2 Å². The molecule has 3 heterocycles. The normalized spacial score (nSPS) is 27.4. The quantitative estimate of drug-likeness (QED) is 0.900. The fourth-order valence-electron chi connectivity index (χ4n) is 3.42. The van der Waals surface area contributed by atoms with Crippen LogP contribution in [-0.2, 0) is 6.54 Å². The average molecular weight is 275 g/mol. The van der Waals surface area contributed by atoms with Crippen LogP contribution in [0.3, 0.4) is 0 Å². The lowest BCUT2D eigenvalue weighted by molar-refractivity contribution is 0.115. The monoisotopic (exact) mass is 275 g/mol. The molecule has 5 nitrogen and oxygen atoms in total. The highest BCUT2D eigenvalue weighted by atomic mass is 15.4. The highest BCUT2D eigenvalue weighted by Crippen LogP contribution is 2.26. The Morgan fingerprint density at radius 1 is 1.25 bits per heavy atom. The fraction of sp³-hybridized carbons (Fsp3) is 0.733. The molecule has 1 aromatic heterocycles. The first-order chi connectivity index (χ1) is 9.78. The molecular weight excluding hydrogens is 250 g/mol. The van der Waals surface area contributed by atoms with Crippen LogP contribution in [-0.4, -0.2) is 53.6 Å². The molecule has 2 aliphatic heterocycles. The molecular formula is C15H25N5. The van der Waals surface area contributed by atoms with Crippen molar-refractivity contribution < 1.29 is 0 Å². The van der Waals surface area contributed by atoms with Gasteiger partial charge in [0.1, 0.15) is 0 Å². The lowest BCUT2D eigenvalue weighted by atomic mass is 9.97. The van der Waals surface area contributed by atoms with Crippen molar-refractivity contribution in [2.75, 3.05) is 31.6 Å². The van der Waals surface area contributed by atoms with Crippen LogP contribution in [0.2, 0.25) is 0 Å². The van der Waals surface area contributed by atoms with E-state index in [-0.39, 0.29) is 0 Å². The molecule has 0 aromatic carbocycles. The van der Waals surface area contributed by atoms with Crippen molar-refractivity contribution in [1.82, 2.24) is 20.2 Å². The molecule has 0 bridgehead atoms. The third-order valence-electron chi connectivity index (χ3n) is 4.52. The van der Waals surface area contributed by atoms with Gasteiger partial charge in [-0.1, -0.05) is 6.42 Å². The van der Waals surface area contributed by atoms with Crippen molar-refractivity contribution in [2.24, 2.45) is 0 Å². The highest BCUT2D eigenvalue weighted by Gasteiger charge is 2.33. The number of aromatic nitrogens is 2. The molecule has 20 heavy (non-hydrogen) atoms. The maximum Gasteiger partial charge on any atom is 0.225 e. The molecule has 0 aliphatic carbocycles. The molecule has 5 heteroatoms. The topological polar surface area (TPSA) is 44.3 Å². The number of piperidine rings is 1. The van der Waals surface area contributed by atoms with E-state index >= 15 is 0 Å². The second-order valence-electron chi connectivity index (χ2n) is 6.07. The molecule has 1 N–H and O–H groups in total. The number of nitrogens with one attached hydrogen (secondary N) is 1. The lowest BCUT2D eigenvalue weighted by Gasteiger charge is -2.47. The van der Waals surface area contributed by atoms with Crippen molar-refractivity contribution in [2.45, 2.75) is 44.8 Å². The summed E-state index contributed by atoms with van der Waals surface area (Å²) in [5, 5.41) is 3.13. The van der Waals surface area contributed by atoms with Gasteiger partial charge in [0.25, 0.3) is 0 Å². The Labute approximate surface area is 121 Å². The minimum atomic E-state index is 0.500. The summed E-state index contributed by atoms with van der Waals surface area (Å²) < 4.78 is 0. The summed E-state index contributed by atoms with van der Waals surface area (Å²) in [4.78, 5) is 14.2. The summed E-state index contributed by atoms with van der Waals surface area (Å²) in [6, 6.07) is 1.19. The van der Waals surface area contributed by atoms with Crippen LogP contribution in [0, 0.1) is 0 Å². The number of fused-ring (bicyclic) bond motifs is 1. The molecule has 2 unspecified atom stereocenters. The Hall–Kier alpha value is -1.20. The van der Waals surface area contributed by atoms with Gasteiger partial charge in [0.05, 0.1) is 0 Å². The van der Waals surface area contributed by atoms with E-state index in [1.54, 1.807) is 0 Å². The predicted molar refractivity (Wildman–Crippen MR) is 80.8 cm³/mol. The second kappa shape index (κ2) is 6.06. The van der Waals surface area contributed by atoms with Gasteiger partial charge in [-0.2, -0.15) is 0 Å². The van der Waals surface area contributed by atoms with E-state index in [0.29, 0.717) is 12.1 Å². The van der Waals surface area contributed by atoms with E-state index in [2.05, 4.69) is 32.0 Å². The third-order valence-corrected chi connectivity index (χ3v) is 4.52. The molecule has 2 fully saturated rings. The standard InChI is InChI=1S/C15H25N5/c1-12-10-19-6-4-3-5-14(19)11-20(12)15-17-8-13(7-16-2)9-18-15/h8-9,12,14,16H,3-7,10-11H2,1-2H3. The molecule has 0 amide bonds. The molecule has 2 atom stereocenters. The minimum absolute atomic E-state index is 0.500. The van der Waals surface area contributed by atoms with Gasteiger partial charge in [0, 0.05) is 49.7 Å². The average Bonchev–Trinajstić information content (AvgIpc) is 2.48. The Balaban J connectivity index is 1.72. The van der Waals surface area contributed by atoms with Gasteiger partial charge >= 0.3 is 0 Å². The van der Waals surface area contributed by atoms with Gasteiger partial charge in [0.15, 0.2) is 0 Å². The molecule has 0 saturated carbocycles. The van der Waals surface area contributed by atoms with Crippen LogP contribution in [0.1, 0.15) is 31.7 Å². The molecule has 1 aromatic rings. The van der Waals surface area contributed by atoms with Gasteiger partial charge in [-0.15, -0.1) is 0 Å². The number of hydrogen-bond acceptors (Lipinski definition) is 5. The predicted octanol–water partition coefficient (Wildman–Crippen LogP) is 1.26. The van der Waals surface area contributed by atoms with Crippen LogP contribution in [0.4, 0.5) is 5.95 Å². The molecule has 0 spiro atoms. The summed E-state index contributed by atoms with van der Waals surface area (Å²) in [6.45, 7) is 6.60. The molecule has 3 rings (SSSR count). The summed E-state index contributed by atoms with van der Waals surface area (Å²) in [5.74, 6) is 0.891. The van der Waals surface area contributed by atoms with E-state index in [1.165, 1.54) is 25.8 Å². The van der Waals surface area contributed by atoms with Gasteiger partial charge in [0.2, 0.25) is 5.95 Å². The van der Waals surface area contributed by atoms with Crippen molar-refractivity contribution in [3.05, 3.63) is 18.0 Å². The second-order valence-corrected chi connectivity index (χ2v) is 6.07. The van der Waals surface area contributed by atoms with Gasteiger partial charge in [-0.3, -0.25) is 4.90 Å². The van der Waals surface area contributed by atoms with E-state index in [1.807, 2.05) is 19.4 Å². The molecule has 2 aliphatic rings. The maximum atomic E-state index is 4.57. The Kier molecular flexibility index (Phi) is 4.17. The van der Waals surface area contributed by atoms with E-state index in [0.717, 1.165) is 31.1 Å². The number of anilines is 1. The molecule has 2 saturated heterocycles. The molecule has 110 valence electrons. The largest absolute Gasteiger partial charge is 0.335 e. The zero-order chi connectivity index (χ0) is 13.9. The number of piperazine rings is 1. The van der Waals surface area contributed by atoms with Crippen molar-refractivity contribution in [3.8, 4) is 0 Å². The number of hydrogen-bond donors (Lipinski definition) is 1. The third kappa shape index (κ3) is 2.79. The van der Waals surface area contributed by atoms with Gasteiger partial charge in [-0.05, 0) is 33.4 Å². The van der Waals surface area contributed by atoms with E-state index < -0.39 is 0 Å². The summed E-state index contributed by atoms with van der Waals surface area (Å²) in [5.41, 5.74) is 1.14. The number of nitrogens with zero attached hydrogens (tertiary/aromatic N) is 4. The zero-order valence-electron chi connectivity index (χ0n) is 12.5. The fourth-order valence-corrected chi connectivity index (χ4v) is 3.42. The van der Waals surface area contributed by atoms with E-state index in [4.69, 9.17) is 0 Å². The van der Waals surface area contributed by atoms with Gasteiger partial charge in [-0.25, -0.2) is 9.97 Å². The van der Waals surface area contributed by atoms with Crippen LogP contribution in [0.5, 0.6) is 0 Å². The molecule has 0 radical (unpaired) electrons. The SMILES string of the molecule is CNCc1cnc(N2CC3CCCCN3CC2C)nc1.